The lowest BCUT2D eigenvalue weighted by atomic mass is 9.82. The van der Waals surface area contributed by atoms with Crippen LogP contribution in [0.25, 0.3) is 5.69 Å². The maximum atomic E-state index is 13.4. The zero-order chi connectivity index (χ0) is 22.0. The van der Waals surface area contributed by atoms with Gasteiger partial charge in [0.2, 0.25) is 5.91 Å². The van der Waals surface area contributed by atoms with Crippen LogP contribution in [-0.2, 0) is 4.79 Å². The number of aromatic nitrogens is 2. The predicted molar refractivity (Wildman–Crippen MR) is 118 cm³/mol. The molecular formula is C24H33N3O3. The van der Waals surface area contributed by atoms with Crippen LogP contribution < -0.4 is 4.90 Å². The van der Waals surface area contributed by atoms with E-state index in [1.54, 1.807) is 9.58 Å². The Labute approximate surface area is 178 Å². The molecule has 0 spiro atoms. The van der Waals surface area contributed by atoms with Crippen molar-refractivity contribution in [2.75, 3.05) is 4.90 Å². The van der Waals surface area contributed by atoms with Gasteiger partial charge in [-0.25, -0.2) is 9.48 Å². The van der Waals surface area contributed by atoms with Gasteiger partial charge in [-0.05, 0) is 69.1 Å². The van der Waals surface area contributed by atoms with Crippen molar-refractivity contribution < 1.29 is 14.7 Å². The van der Waals surface area contributed by atoms with Crippen molar-refractivity contribution in [3.63, 3.8) is 0 Å². The molecule has 162 valence electrons. The lowest BCUT2D eigenvalue weighted by Gasteiger charge is -2.32. The number of amides is 1. The van der Waals surface area contributed by atoms with Crippen molar-refractivity contribution in [3.8, 4) is 5.69 Å². The number of carbonyl (C=O) groups is 2. The number of anilines is 1. The van der Waals surface area contributed by atoms with E-state index < -0.39 is 5.97 Å². The van der Waals surface area contributed by atoms with E-state index in [9.17, 15) is 14.7 Å². The number of hydrogen-bond donors (Lipinski definition) is 1. The van der Waals surface area contributed by atoms with Crippen LogP contribution in [0.2, 0.25) is 0 Å². The van der Waals surface area contributed by atoms with Crippen LogP contribution in [0.1, 0.15) is 82.1 Å². The second kappa shape index (κ2) is 9.02. The van der Waals surface area contributed by atoms with Gasteiger partial charge in [0.15, 0.2) is 5.82 Å². The summed E-state index contributed by atoms with van der Waals surface area (Å²) in [6.45, 7) is 10.3. The summed E-state index contributed by atoms with van der Waals surface area (Å²) in [5.41, 5.74) is 2.03. The zero-order valence-corrected chi connectivity index (χ0v) is 18.6. The number of carboxylic acid groups (broad SMARTS) is 1. The lowest BCUT2D eigenvalue weighted by molar-refractivity contribution is -0.123. The molecule has 6 heteroatoms. The molecule has 0 radical (unpaired) electrons. The van der Waals surface area contributed by atoms with Crippen LogP contribution in [0.5, 0.6) is 0 Å². The normalized spacial score (nSPS) is 19.3. The van der Waals surface area contributed by atoms with Crippen LogP contribution in [0, 0.1) is 11.8 Å². The minimum atomic E-state index is -1.08. The van der Waals surface area contributed by atoms with E-state index in [1.165, 1.54) is 11.8 Å². The standard InChI is InChI=1S/C24H33N3O3/c1-15(2)18-10-12-20(13-11-18)26-14-21(24(29)30)22(25-26)27(16(3)4)23(28)19-8-6-17(5)7-9-19/h10-17,19H,6-9H2,1-5H3,(H,29,30). The number of carbonyl (C=O) groups excluding carboxylic acids is 1. The lowest BCUT2D eigenvalue weighted by Crippen LogP contribution is -2.43. The first-order valence-corrected chi connectivity index (χ1v) is 10.9. The minimum Gasteiger partial charge on any atom is -0.477 e. The second-order valence-corrected chi connectivity index (χ2v) is 9.12. The summed E-state index contributed by atoms with van der Waals surface area (Å²) in [4.78, 5) is 26.9. The number of benzene rings is 1. The van der Waals surface area contributed by atoms with Crippen LogP contribution >= 0.6 is 0 Å². The largest absolute Gasteiger partial charge is 0.477 e. The third-order valence-corrected chi connectivity index (χ3v) is 6.10. The molecule has 1 heterocycles. The smallest absolute Gasteiger partial charge is 0.341 e. The van der Waals surface area contributed by atoms with Crippen molar-refractivity contribution in [2.24, 2.45) is 11.8 Å². The van der Waals surface area contributed by atoms with E-state index >= 15 is 0 Å². The summed E-state index contributed by atoms with van der Waals surface area (Å²) in [7, 11) is 0. The van der Waals surface area contributed by atoms with Gasteiger partial charge in [0.25, 0.3) is 0 Å². The van der Waals surface area contributed by atoms with Crippen LogP contribution in [0.4, 0.5) is 5.82 Å². The molecule has 1 saturated carbocycles. The Balaban J connectivity index is 1.97. The summed E-state index contributed by atoms with van der Waals surface area (Å²) in [5.74, 6) is 0.124. The Hall–Kier alpha value is -2.63. The quantitative estimate of drug-likeness (QED) is 0.703. The third kappa shape index (κ3) is 4.58. The van der Waals surface area contributed by atoms with E-state index in [-0.39, 0.29) is 29.2 Å². The molecule has 1 aromatic heterocycles. The van der Waals surface area contributed by atoms with E-state index in [2.05, 4.69) is 25.9 Å². The fraction of sp³-hybridized carbons (Fsp3) is 0.542. The maximum absolute atomic E-state index is 13.4. The first kappa shape index (κ1) is 22.1. The Morgan fingerprint density at radius 1 is 1.07 bits per heavy atom. The number of rotatable bonds is 6. The minimum absolute atomic E-state index is 0.0141. The SMILES string of the molecule is CC1CCC(C(=O)N(c2nn(-c3ccc(C(C)C)cc3)cc2C(=O)O)C(C)C)CC1. The van der Waals surface area contributed by atoms with Crippen molar-refractivity contribution in [2.45, 2.75) is 72.3 Å². The van der Waals surface area contributed by atoms with E-state index in [1.807, 2.05) is 38.1 Å². The molecule has 1 fully saturated rings. The van der Waals surface area contributed by atoms with Gasteiger partial charge in [0, 0.05) is 18.2 Å². The maximum Gasteiger partial charge on any atom is 0.341 e. The molecule has 0 saturated heterocycles. The van der Waals surface area contributed by atoms with E-state index in [0.717, 1.165) is 31.4 Å². The summed E-state index contributed by atoms with van der Waals surface area (Å²) < 4.78 is 1.56. The van der Waals surface area contributed by atoms with Gasteiger partial charge in [-0.1, -0.05) is 32.9 Å². The summed E-state index contributed by atoms with van der Waals surface area (Å²) >= 11 is 0. The average molecular weight is 412 g/mol. The van der Waals surface area contributed by atoms with Crippen molar-refractivity contribution in [1.29, 1.82) is 0 Å². The molecule has 1 aliphatic rings. The molecule has 0 unspecified atom stereocenters. The molecule has 1 N–H and O–H groups in total. The monoisotopic (exact) mass is 411 g/mol. The Morgan fingerprint density at radius 2 is 1.67 bits per heavy atom. The highest BCUT2D eigenvalue weighted by molar-refractivity contribution is 6.01. The zero-order valence-electron chi connectivity index (χ0n) is 18.6. The van der Waals surface area contributed by atoms with Gasteiger partial charge in [-0.3, -0.25) is 9.69 Å². The first-order valence-electron chi connectivity index (χ1n) is 10.9. The molecule has 1 aliphatic carbocycles. The van der Waals surface area contributed by atoms with Crippen LogP contribution in [0.15, 0.2) is 30.5 Å². The van der Waals surface area contributed by atoms with Gasteiger partial charge >= 0.3 is 5.97 Å². The Morgan fingerprint density at radius 3 is 2.17 bits per heavy atom. The van der Waals surface area contributed by atoms with E-state index in [0.29, 0.717) is 11.8 Å². The van der Waals surface area contributed by atoms with Crippen molar-refractivity contribution in [1.82, 2.24) is 9.78 Å². The average Bonchev–Trinajstić information content (AvgIpc) is 3.13. The molecule has 0 bridgehead atoms. The first-order chi connectivity index (χ1) is 14.2. The Bertz CT molecular complexity index is 891. The van der Waals surface area contributed by atoms with Crippen LogP contribution in [-0.4, -0.2) is 32.8 Å². The predicted octanol–water partition coefficient (Wildman–Crippen LogP) is 5.26. The summed E-state index contributed by atoms with van der Waals surface area (Å²) in [6, 6.07) is 7.73. The van der Waals surface area contributed by atoms with Crippen LogP contribution in [0.3, 0.4) is 0 Å². The molecule has 6 nitrogen and oxygen atoms in total. The Kier molecular flexibility index (Phi) is 6.64. The summed E-state index contributed by atoms with van der Waals surface area (Å²) in [5, 5.41) is 14.4. The highest BCUT2D eigenvalue weighted by Gasteiger charge is 2.34. The molecule has 0 aliphatic heterocycles. The second-order valence-electron chi connectivity index (χ2n) is 9.12. The molecule has 30 heavy (non-hydrogen) atoms. The summed E-state index contributed by atoms with van der Waals surface area (Å²) in [6.07, 6.45) is 5.27. The highest BCUT2D eigenvalue weighted by Crippen LogP contribution is 2.32. The third-order valence-electron chi connectivity index (χ3n) is 6.10. The van der Waals surface area contributed by atoms with Crippen molar-refractivity contribution in [3.05, 3.63) is 41.6 Å². The highest BCUT2D eigenvalue weighted by atomic mass is 16.4. The number of carboxylic acids is 1. The van der Waals surface area contributed by atoms with Gasteiger partial charge in [0.05, 0.1) is 5.69 Å². The van der Waals surface area contributed by atoms with Crippen molar-refractivity contribution >= 4 is 17.7 Å². The number of hydrogen-bond acceptors (Lipinski definition) is 3. The fourth-order valence-corrected chi connectivity index (χ4v) is 4.14. The molecule has 1 amide bonds. The molecule has 3 rings (SSSR count). The van der Waals surface area contributed by atoms with Gasteiger partial charge < -0.3 is 5.11 Å². The topological polar surface area (TPSA) is 75.4 Å². The van der Waals surface area contributed by atoms with Gasteiger partial charge in [0.1, 0.15) is 5.56 Å². The van der Waals surface area contributed by atoms with E-state index in [4.69, 9.17) is 0 Å². The molecule has 2 aromatic rings. The molecule has 1 aromatic carbocycles. The molecular weight excluding hydrogens is 378 g/mol. The van der Waals surface area contributed by atoms with Gasteiger partial charge in [-0.2, -0.15) is 0 Å². The van der Waals surface area contributed by atoms with Gasteiger partial charge in [-0.15, -0.1) is 5.10 Å². The number of nitrogens with zero attached hydrogens (tertiary/aromatic N) is 3. The molecule has 0 atom stereocenters. The number of aromatic carboxylic acids is 1. The fourth-order valence-electron chi connectivity index (χ4n) is 4.14.